The highest BCUT2D eigenvalue weighted by molar-refractivity contribution is 5.84. The molecule has 0 saturated carbocycles. The zero-order valence-corrected chi connectivity index (χ0v) is 12.6. The van der Waals surface area contributed by atoms with Crippen LogP contribution in [0.1, 0.15) is 36.1 Å². The first-order valence-corrected chi connectivity index (χ1v) is 6.77. The van der Waals surface area contributed by atoms with Crippen molar-refractivity contribution in [2.45, 2.75) is 40.3 Å². The summed E-state index contributed by atoms with van der Waals surface area (Å²) in [5.41, 5.74) is 6.07. The smallest absolute Gasteiger partial charge is 0.408 e. The van der Waals surface area contributed by atoms with Crippen LogP contribution in [-0.2, 0) is 16.1 Å². The Bertz CT molecular complexity index is 415. The summed E-state index contributed by atoms with van der Waals surface area (Å²) in [6, 6.07) is 8.58. The number of hydrogen-bond donors (Lipinski definition) is 2. The lowest BCUT2D eigenvalue weighted by Crippen LogP contribution is -2.47. The van der Waals surface area contributed by atoms with Gasteiger partial charge < -0.3 is 15.8 Å². The Morgan fingerprint density at radius 3 is 2.25 bits per heavy atom. The molecule has 5 nitrogen and oxygen atoms in total. The van der Waals surface area contributed by atoms with E-state index in [2.05, 4.69) is 5.32 Å². The van der Waals surface area contributed by atoms with Gasteiger partial charge in [-0.1, -0.05) is 58.0 Å². The first-order valence-electron chi connectivity index (χ1n) is 6.77. The van der Waals surface area contributed by atoms with Crippen molar-refractivity contribution in [3.05, 3.63) is 35.9 Å². The van der Waals surface area contributed by atoms with Crippen LogP contribution in [0.15, 0.2) is 30.3 Å². The Kier molecular flexibility index (Phi) is 8.83. The van der Waals surface area contributed by atoms with Crippen LogP contribution in [0.2, 0.25) is 0 Å². The van der Waals surface area contributed by atoms with Gasteiger partial charge in [-0.3, -0.25) is 4.79 Å². The first kappa shape index (κ1) is 18.0. The van der Waals surface area contributed by atoms with E-state index in [4.69, 9.17) is 10.5 Å². The maximum absolute atomic E-state index is 11.5. The van der Waals surface area contributed by atoms with E-state index in [1.165, 1.54) is 0 Å². The lowest BCUT2D eigenvalue weighted by Gasteiger charge is -2.18. The molecule has 0 saturated heterocycles. The van der Waals surface area contributed by atoms with E-state index >= 15 is 0 Å². The van der Waals surface area contributed by atoms with Gasteiger partial charge >= 0.3 is 6.09 Å². The summed E-state index contributed by atoms with van der Waals surface area (Å²) in [5.74, 6) is -0.645. The van der Waals surface area contributed by atoms with Crippen molar-refractivity contribution in [1.29, 1.82) is 0 Å². The van der Waals surface area contributed by atoms with Crippen LogP contribution in [0.4, 0.5) is 4.79 Å². The van der Waals surface area contributed by atoms with E-state index in [9.17, 15) is 9.59 Å². The minimum absolute atomic E-state index is 0. The molecule has 0 spiro atoms. The second-order valence-electron chi connectivity index (χ2n) is 4.33. The summed E-state index contributed by atoms with van der Waals surface area (Å²) < 4.78 is 5.00. The highest BCUT2D eigenvalue weighted by Gasteiger charge is 2.22. The molecule has 0 heterocycles. The maximum Gasteiger partial charge on any atom is 0.408 e. The number of carbonyl (C=O) groups excluding carboxylic acids is 2. The number of rotatable bonds is 5. The van der Waals surface area contributed by atoms with Crippen molar-refractivity contribution in [1.82, 2.24) is 5.32 Å². The van der Waals surface area contributed by atoms with Gasteiger partial charge in [-0.05, 0) is 11.5 Å². The van der Waals surface area contributed by atoms with Gasteiger partial charge in [0.2, 0.25) is 5.91 Å². The first-order chi connectivity index (χ1) is 9.50. The molecule has 1 aromatic carbocycles. The summed E-state index contributed by atoms with van der Waals surface area (Å²) >= 11 is 0. The number of ether oxygens (including phenoxy) is 1. The average Bonchev–Trinajstić information content (AvgIpc) is 2.45. The molecule has 1 aromatic rings. The van der Waals surface area contributed by atoms with Crippen LogP contribution in [0.3, 0.4) is 0 Å². The number of primary amides is 1. The molecule has 20 heavy (non-hydrogen) atoms. The molecule has 0 aliphatic heterocycles. The predicted molar refractivity (Wildman–Crippen MR) is 83.2 cm³/mol. The van der Waals surface area contributed by atoms with Crippen LogP contribution < -0.4 is 11.1 Å². The normalized spacial score (nSPS) is 11.1. The second kappa shape index (κ2) is 9.83. The van der Waals surface area contributed by atoms with Gasteiger partial charge in [-0.25, -0.2) is 4.79 Å². The van der Waals surface area contributed by atoms with E-state index in [1.54, 1.807) is 13.8 Å². The Morgan fingerprint density at radius 1 is 1.25 bits per heavy atom. The van der Waals surface area contributed by atoms with Gasteiger partial charge in [0.05, 0.1) is 0 Å². The van der Waals surface area contributed by atoms with Crippen LogP contribution in [0, 0.1) is 5.92 Å². The van der Waals surface area contributed by atoms with E-state index in [0.717, 1.165) is 5.56 Å². The molecule has 0 aliphatic carbocycles. The summed E-state index contributed by atoms with van der Waals surface area (Å²) in [7, 11) is 0. The SMILES string of the molecule is CC.CC(C)[C@H](NC(=O)OCc1ccccc1)C(N)=O.[HH].[HH]. The number of amides is 2. The lowest BCUT2D eigenvalue weighted by molar-refractivity contribution is -0.120. The predicted octanol–water partition coefficient (Wildman–Crippen LogP) is 2.94. The molecule has 5 heteroatoms. The third-order valence-corrected chi connectivity index (χ3v) is 2.46. The molecule has 2 amide bonds. The topological polar surface area (TPSA) is 81.4 Å². The van der Waals surface area contributed by atoms with E-state index in [0.29, 0.717) is 0 Å². The molecule has 0 unspecified atom stereocenters. The monoisotopic (exact) mass is 284 g/mol. The van der Waals surface area contributed by atoms with Crippen molar-refractivity contribution in [3.63, 3.8) is 0 Å². The lowest BCUT2D eigenvalue weighted by atomic mass is 10.0. The average molecular weight is 284 g/mol. The van der Waals surface area contributed by atoms with Crippen molar-refractivity contribution in [2.75, 3.05) is 0 Å². The van der Waals surface area contributed by atoms with Crippen LogP contribution in [-0.4, -0.2) is 18.0 Å². The van der Waals surface area contributed by atoms with Gasteiger partial charge in [-0.15, -0.1) is 0 Å². The van der Waals surface area contributed by atoms with Gasteiger partial charge in [0.25, 0.3) is 0 Å². The van der Waals surface area contributed by atoms with Gasteiger partial charge in [0.1, 0.15) is 12.6 Å². The molecule has 1 rings (SSSR count). The summed E-state index contributed by atoms with van der Waals surface area (Å²) in [6.07, 6.45) is -0.642. The second-order valence-corrected chi connectivity index (χ2v) is 4.33. The van der Waals surface area contributed by atoms with Crippen molar-refractivity contribution < 1.29 is 17.2 Å². The molecular formula is C15H28N2O3. The Morgan fingerprint density at radius 2 is 1.80 bits per heavy atom. The third kappa shape index (κ3) is 6.78. The summed E-state index contributed by atoms with van der Waals surface area (Å²) in [4.78, 5) is 22.6. The fourth-order valence-corrected chi connectivity index (χ4v) is 1.46. The molecule has 0 aliphatic rings. The number of alkyl carbamates (subject to hydrolysis) is 1. The largest absolute Gasteiger partial charge is 0.445 e. The minimum atomic E-state index is -0.715. The van der Waals surface area contributed by atoms with Crippen molar-refractivity contribution in [3.8, 4) is 0 Å². The standard InChI is InChI=1S/C13H18N2O3.C2H6.2H2/c1-9(2)11(12(14)16)15-13(17)18-8-10-6-4-3-5-7-10;1-2;;/h3-7,9,11H,8H2,1-2H3,(H2,14,16)(H,15,17);1-2H3;2*1H/t11-;;;/m0.../s1. The zero-order valence-electron chi connectivity index (χ0n) is 12.6. The van der Waals surface area contributed by atoms with E-state index < -0.39 is 18.0 Å². The molecule has 0 bridgehead atoms. The molecule has 3 N–H and O–H groups in total. The Labute approximate surface area is 123 Å². The molecule has 0 aromatic heterocycles. The number of benzene rings is 1. The minimum Gasteiger partial charge on any atom is -0.445 e. The maximum atomic E-state index is 11.5. The Hall–Kier alpha value is -2.04. The van der Waals surface area contributed by atoms with Gasteiger partial charge in [-0.2, -0.15) is 0 Å². The highest BCUT2D eigenvalue weighted by atomic mass is 16.5. The summed E-state index contributed by atoms with van der Waals surface area (Å²) in [5, 5.41) is 2.45. The van der Waals surface area contributed by atoms with E-state index in [-0.39, 0.29) is 15.4 Å². The number of carbonyl (C=O) groups is 2. The summed E-state index contributed by atoms with van der Waals surface area (Å²) in [6.45, 7) is 7.76. The van der Waals surface area contributed by atoms with Crippen molar-refractivity contribution in [2.24, 2.45) is 11.7 Å². The number of nitrogens with one attached hydrogen (secondary N) is 1. The molecule has 116 valence electrons. The molecular weight excluding hydrogens is 256 g/mol. The van der Waals surface area contributed by atoms with Crippen LogP contribution >= 0.6 is 0 Å². The van der Waals surface area contributed by atoms with E-state index in [1.807, 2.05) is 44.2 Å². The van der Waals surface area contributed by atoms with Crippen molar-refractivity contribution >= 4 is 12.0 Å². The fraction of sp³-hybridized carbons (Fsp3) is 0.467. The zero-order chi connectivity index (χ0) is 15.5. The number of hydrogen-bond acceptors (Lipinski definition) is 3. The fourth-order valence-electron chi connectivity index (χ4n) is 1.46. The molecule has 1 atom stereocenters. The quantitative estimate of drug-likeness (QED) is 0.872. The van der Waals surface area contributed by atoms with Gasteiger partial charge in [0, 0.05) is 2.85 Å². The number of nitrogens with two attached hydrogens (primary N) is 1. The molecule has 0 radical (unpaired) electrons. The molecule has 0 fully saturated rings. The van der Waals surface area contributed by atoms with Crippen LogP contribution in [0.5, 0.6) is 0 Å². The highest BCUT2D eigenvalue weighted by Crippen LogP contribution is 2.03. The third-order valence-electron chi connectivity index (χ3n) is 2.46. The Balaban J connectivity index is -0.000000864. The van der Waals surface area contributed by atoms with Crippen LogP contribution in [0.25, 0.3) is 0 Å². The van der Waals surface area contributed by atoms with Gasteiger partial charge in [0.15, 0.2) is 0 Å².